The summed E-state index contributed by atoms with van der Waals surface area (Å²) in [5, 5.41) is 11.2. The maximum atomic E-state index is 13.0. The number of hydrazine groups is 1. The highest BCUT2D eigenvalue weighted by Crippen LogP contribution is 2.24. The number of carbonyl (C=O) groups is 2. The fourth-order valence-electron chi connectivity index (χ4n) is 2.97. The molecule has 7 nitrogen and oxygen atoms in total. The van der Waals surface area contributed by atoms with E-state index in [2.05, 4.69) is 10.4 Å². The molecule has 1 aliphatic heterocycles. The SMILES string of the molecule is CCN(CC)CC(=O)NN1C(=O)/C(=C\c2ccccc2O)N=C1c1ccccc1. The third-order valence-electron chi connectivity index (χ3n) is 4.62. The van der Waals surface area contributed by atoms with Crippen molar-refractivity contribution >= 4 is 23.7 Å². The zero-order valence-corrected chi connectivity index (χ0v) is 16.5. The van der Waals surface area contributed by atoms with Gasteiger partial charge in [0.25, 0.3) is 11.8 Å². The lowest BCUT2D eigenvalue weighted by Crippen LogP contribution is -2.50. The summed E-state index contributed by atoms with van der Waals surface area (Å²) in [7, 11) is 0. The van der Waals surface area contributed by atoms with Crippen LogP contribution in [0, 0.1) is 0 Å². The van der Waals surface area contributed by atoms with Gasteiger partial charge >= 0.3 is 0 Å². The Morgan fingerprint density at radius 1 is 1.10 bits per heavy atom. The molecule has 3 rings (SSSR count). The molecular formula is C22H24N4O3. The minimum atomic E-state index is -0.458. The number of hydrogen-bond acceptors (Lipinski definition) is 5. The zero-order chi connectivity index (χ0) is 20.8. The van der Waals surface area contributed by atoms with E-state index in [1.54, 1.807) is 18.2 Å². The summed E-state index contributed by atoms with van der Waals surface area (Å²) in [6.07, 6.45) is 1.51. The Hall–Kier alpha value is -3.45. The average Bonchev–Trinajstić information content (AvgIpc) is 3.04. The summed E-state index contributed by atoms with van der Waals surface area (Å²) < 4.78 is 0. The number of phenols is 1. The van der Waals surface area contributed by atoms with Crippen LogP contribution in [0.4, 0.5) is 0 Å². The van der Waals surface area contributed by atoms with Crippen molar-refractivity contribution in [1.29, 1.82) is 0 Å². The molecular weight excluding hydrogens is 368 g/mol. The first-order valence-electron chi connectivity index (χ1n) is 9.53. The summed E-state index contributed by atoms with van der Waals surface area (Å²) in [6.45, 7) is 5.59. The topological polar surface area (TPSA) is 85.2 Å². The first-order valence-corrected chi connectivity index (χ1v) is 9.53. The standard InChI is InChI=1S/C22H24N4O3/c1-3-25(4-2)15-20(28)24-26-21(16-10-6-5-7-11-16)23-18(22(26)29)14-17-12-8-9-13-19(17)27/h5-14,27H,3-4,15H2,1-2H3,(H,24,28)/b18-14+. The molecule has 29 heavy (non-hydrogen) atoms. The monoisotopic (exact) mass is 392 g/mol. The van der Waals surface area contributed by atoms with E-state index in [0.29, 0.717) is 17.0 Å². The number of amides is 2. The number of aromatic hydroxyl groups is 1. The normalized spacial score (nSPS) is 15.1. The maximum absolute atomic E-state index is 13.0. The number of rotatable bonds is 7. The number of benzene rings is 2. The predicted molar refractivity (Wildman–Crippen MR) is 112 cm³/mol. The molecule has 0 saturated heterocycles. The Kier molecular flexibility index (Phi) is 6.41. The zero-order valence-electron chi connectivity index (χ0n) is 16.5. The molecule has 0 unspecified atom stereocenters. The van der Waals surface area contributed by atoms with Crippen LogP contribution in [0.25, 0.3) is 6.08 Å². The molecule has 1 heterocycles. The molecule has 2 aromatic carbocycles. The molecule has 0 spiro atoms. The number of likely N-dealkylation sites (N-methyl/N-ethyl adjacent to an activating group) is 1. The Morgan fingerprint density at radius 2 is 1.76 bits per heavy atom. The van der Waals surface area contributed by atoms with Crippen LogP contribution in [0.2, 0.25) is 0 Å². The van der Waals surface area contributed by atoms with Gasteiger partial charge < -0.3 is 5.11 Å². The fourth-order valence-corrected chi connectivity index (χ4v) is 2.97. The van der Waals surface area contributed by atoms with E-state index in [1.807, 2.05) is 49.1 Å². The molecule has 0 saturated carbocycles. The van der Waals surface area contributed by atoms with Gasteiger partial charge in [0.2, 0.25) is 0 Å². The molecule has 0 radical (unpaired) electrons. The molecule has 0 atom stereocenters. The lowest BCUT2D eigenvalue weighted by Gasteiger charge is -2.22. The van der Waals surface area contributed by atoms with Gasteiger partial charge in [0.1, 0.15) is 11.4 Å². The number of nitrogens with zero attached hydrogens (tertiary/aromatic N) is 3. The Morgan fingerprint density at radius 3 is 2.41 bits per heavy atom. The van der Waals surface area contributed by atoms with Crippen LogP contribution in [-0.2, 0) is 9.59 Å². The van der Waals surface area contributed by atoms with Gasteiger partial charge in [0.15, 0.2) is 5.84 Å². The highest BCUT2D eigenvalue weighted by Gasteiger charge is 2.33. The first-order chi connectivity index (χ1) is 14.0. The molecule has 0 bridgehead atoms. The van der Waals surface area contributed by atoms with E-state index >= 15 is 0 Å². The van der Waals surface area contributed by atoms with E-state index in [0.717, 1.165) is 13.1 Å². The van der Waals surface area contributed by atoms with Crippen LogP contribution >= 0.6 is 0 Å². The van der Waals surface area contributed by atoms with Crippen LogP contribution in [0.15, 0.2) is 65.3 Å². The molecule has 2 amide bonds. The van der Waals surface area contributed by atoms with Crippen LogP contribution in [0.1, 0.15) is 25.0 Å². The summed E-state index contributed by atoms with van der Waals surface area (Å²) in [4.78, 5) is 31.9. The van der Waals surface area contributed by atoms with Crippen LogP contribution in [0.5, 0.6) is 5.75 Å². The Bertz CT molecular complexity index is 950. The first kappa shape index (κ1) is 20.3. The minimum Gasteiger partial charge on any atom is -0.507 e. The second-order valence-electron chi connectivity index (χ2n) is 6.53. The molecule has 1 aliphatic rings. The molecule has 0 aliphatic carbocycles. The van der Waals surface area contributed by atoms with Gasteiger partial charge in [-0.3, -0.25) is 19.9 Å². The Labute approximate surface area is 169 Å². The van der Waals surface area contributed by atoms with Gasteiger partial charge in [-0.2, -0.15) is 5.01 Å². The summed E-state index contributed by atoms with van der Waals surface area (Å²) in [6, 6.07) is 15.9. The van der Waals surface area contributed by atoms with Crippen molar-refractivity contribution in [3.8, 4) is 5.75 Å². The number of aliphatic imine (C=N–C) groups is 1. The predicted octanol–water partition coefficient (Wildman–Crippen LogP) is 2.40. The molecule has 2 N–H and O–H groups in total. The van der Waals surface area contributed by atoms with Crippen molar-refractivity contribution in [2.75, 3.05) is 19.6 Å². The van der Waals surface area contributed by atoms with Crippen LogP contribution in [0.3, 0.4) is 0 Å². The van der Waals surface area contributed by atoms with Crippen molar-refractivity contribution < 1.29 is 14.7 Å². The van der Waals surface area contributed by atoms with Crippen molar-refractivity contribution in [3.05, 3.63) is 71.4 Å². The molecule has 2 aromatic rings. The second kappa shape index (κ2) is 9.16. The maximum Gasteiger partial charge on any atom is 0.297 e. The molecule has 150 valence electrons. The van der Waals surface area contributed by atoms with Gasteiger partial charge in [0, 0.05) is 11.1 Å². The minimum absolute atomic E-state index is 0.0493. The van der Waals surface area contributed by atoms with Crippen molar-refractivity contribution in [1.82, 2.24) is 15.3 Å². The lowest BCUT2D eigenvalue weighted by atomic mass is 10.1. The molecule has 7 heteroatoms. The van der Waals surface area contributed by atoms with Gasteiger partial charge in [0.05, 0.1) is 6.54 Å². The number of phenolic OH excluding ortho intramolecular Hbond substituents is 1. The van der Waals surface area contributed by atoms with Gasteiger partial charge in [-0.05, 0) is 25.2 Å². The number of hydrogen-bond donors (Lipinski definition) is 2. The smallest absolute Gasteiger partial charge is 0.297 e. The van der Waals surface area contributed by atoms with Crippen LogP contribution < -0.4 is 5.43 Å². The third-order valence-corrected chi connectivity index (χ3v) is 4.62. The number of amidine groups is 1. The van der Waals surface area contributed by atoms with Crippen molar-refractivity contribution in [3.63, 3.8) is 0 Å². The largest absolute Gasteiger partial charge is 0.507 e. The van der Waals surface area contributed by atoms with E-state index < -0.39 is 5.91 Å². The van der Waals surface area contributed by atoms with E-state index in [4.69, 9.17) is 0 Å². The van der Waals surface area contributed by atoms with Crippen molar-refractivity contribution in [2.24, 2.45) is 4.99 Å². The third kappa shape index (κ3) is 4.70. The van der Waals surface area contributed by atoms with E-state index in [1.165, 1.54) is 17.2 Å². The van der Waals surface area contributed by atoms with Crippen LogP contribution in [-0.4, -0.2) is 52.3 Å². The fraction of sp³-hybridized carbons (Fsp3) is 0.227. The van der Waals surface area contributed by atoms with E-state index in [-0.39, 0.29) is 23.9 Å². The average molecular weight is 392 g/mol. The summed E-state index contributed by atoms with van der Waals surface area (Å²) >= 11 is 0. The quantitative estimate of drug-likeness (QED) is 0.709. The van der Waals surface area contributed by atoms with Gasteiger partial charge in [-0.25, -0.2) is 4.99 Å². The van der Waals surface area contributed by atoms with Crippen molar-refractivity contribution in [2.45, 2.75) is 13.8 Å². The summed E-state index contributed by atoms with van der Waals surface area (Å²) in [5.74, 6) is -0.368. The summed E-state index contributed by atoms with van der Waals surface area (Å²) in [5.41, 5.74) is 3.98. The van der Waals surface area contributed by atoms with E-state index in [9.17, 15) is 14.7 Å². The number of nitrogens with one attached hydrogen (secondary N) is 1. The lowest BCUT2D eigenvalue weighted by molar-refractivity contribution is -0.133. The highest BCUT2D eigenvalue weighted by molar-refractivity contribution is 6.20. The number of carbonyl (C=O) groups excluding carboxylic acids is 2. The van der Waals surface area contributed by atoms with Gasteiger partial charge in [-0.1, -0.05) is 62.4 Å². The second-order valence-corrected chi connectivity index (χ2v) is 6.53. The molecule has 0 aromatic heterocycles. The van der Waals surface area contributed by atoms with Gasteiger partial charge in [-0.15, -0.1) is 0 Å². The highest BCUT2D eigenvalue weighted by atomic mass is 16.3. The number of para-hydroxylation sites is 1. The Balaban J connectivity index is 1.92. The molecule has 0 fully saturated rings.